The van der Waals surface area contributed by atoms with Crippen molar-refractivity contribution in [2.45, 2.75) is 26.4 Å². The molecule has 2 N–H and O–H groups in total. The summed E-state index contributed by atoms with van der Waals surface area (Å²) in [5, 5.41) is 0. The summed E-state index contributed by atoms with van der Waals surface area (Å²) in [4.78, 5) is 4.75. The highest BCUT2D eigenvalue weighted by atomic mass is 16.3. The van der Waals surface area contributed by atoms with Crippen molar-refractivity contribution >= 4 is 0 Å². The maximum Gasteiger partial charge on any atom is 0.120 e. The molecule has 4 heteroatoms. The predicted molar refractivity (Wildman–Crippen MR) is 73.3 cm³/mol. The van der Waals surface area contributed by atoms with Gasteiger partial charge >= 0.3 is 0 Å². The van der Waals surface area contributed by atoms with Crippen LogP contribution in [-0.4, -0.2) is 43.5 Å². The summed E-state index contributed by atoms with van der Waals surface area (Å²) in [6.45, 7) is 7.01. The van der Waals surface area contributed by atoms with Gasteiger partial charge in [-0.2, -0.15) is 0 Å². The Kier molecular flexibility index (Phi) is 4.43. The van der Waals surface area contributed by atoms with Gasteiger partial charge in [0.05, 0.1) is 13.1 Å². The Bertz CT molecular complexity index is 388. The van der Waals surface area contributed by atoms with E-state index in [0.29, 0.717) is 6.54 Å². The van der Waals surface area contributed by atoms with Crippen LogP contribution in [0.4, 0.5) is 0 Å². The summed E-state index contributed by atoms with van der Waals surface area (Å²) in [7, 11) is 4.36. The molecule has 0 aliphatic carbocycles. The van der Waals surface area contributed by atoms with Gasteiger partial charge in [0.25, 0.3) is 0 Å². The highest BCUT2D eigenvalue weighted by molar-refractivity contribution is 5.19. The second kappa shape index (κ2) is 5.87. The Balaban J connectivity index is 1.84. The van der Waals surface area contributed by atoms with E-state index in [1.54, 1.807) is 0 Å². The molecule has 2 rings (SSSR count). The Hall–Kier alpha value is -0.840. The molecule has 0 aromatic carbocycles. The molecule has 0 amide bonds. The van der Waals surface area contributed by atoms with Crippen LogP contribution in [0.1, 0.15) is 23.5 Å². The number of likely N-dealkylation sites (tertiary alicyclic amines) is 1. The summed E-state index contributed by atoms with van der Waals surface area (Å²) >= 11 is 0. The number of hydrogen-bond acceptors (Lipinski definition) is 4. The smallest absolute Gasteiger partial charge is 0.120 e. The molecular weight excluding hydrogens is 226 g/mol. The first kappa shape index (κ1) is 13.6. The van der Waals surface area contributed by atoms with Crippen molar-refractivity contribution in [2.24, 2.45) is 11.7 Å². The van der Waals surface area contributed by atoms with Crippen LogP contribution in [0, 0.1) is 12.8 Å². The third-order valence-electron chi connectivity index (χ3n) is 3.74. The lowest BCUT2D eigenvalue weighted by atomic mass is 10.1. The fourth-order valence-corrected chi connectivity index (χ4v) is 2.82. The molecule has 1 unspecified atom stereocenters. The van der Waals surface area contributed by atoms with Crippen LogP contribution < -0.4 is 5.73 Å². The van der Waals surface area contributed by atoms with E-state index >= 15 is 0 Å². The first-order valence-corrected chi connectivity index (χ1v) is 6.74. The normalized spacial score (nSPS) is 21.1. The second-order valence-electron chi connectivity index (χ2n) is 5.64. The molecular formula is C14H25N3O. The lowest BCUT2D eigenvalue weighted by molar-refractivity contribution is 0.246. The molecule has 0 saturated carbocycles. The fourth-order valence-electron chi connectivity index (χ4n) is 2.82. The summed E-state index contributed by atoms with van der Waals surface area (Å²) in [5.74, 6) is 2.74. The highest BCUT2D eigenvalue weighted by Gasteiger charge is 2.21. The minimum absolute atomic E-state index is 0.489. The van der Waals surface area contributed by atoms with Gasteiger partial charge in [-0.25, -0.2) is 0 Å². The first-order valence-electron chi connectivity index (χ1n) is 6.74. The van der Waals surface area contributed by atoms with Crippen LogP contribution in [0.15, 0.2) is 10.5 Å². The summed E-state index contributed by atoms with van der Waals surface area (Å²) in [6.07, 6.45) is 1.31. The molecule has 1 saturated heterocycles. The maximum atomic E-state index is 5.74. The van der Waals surface area contributed by atoms with Gasteiger partial charge in [-0.15, -0.1) is 0 Å². The van der Waals surface area contributed by atoms with Gasteiger partial charge in [-0.1, -0.05) is 0 Å². The van der Waals surface area contributed by atoms with Crippen LogP contribution in [0.2, 0.25) is 0 Å². The van der Waals surface area contributed by atoms with Crippen molar-refractivity contribution < 1.29 is 4.42 Å². The van der Waals surface area contributed by atoms with Crippen molar-refractivity contribution in [1.29, 1.82) is 0 Å². The van der Waals surface area contributed by atoms with E-state index in [0.717, 1.165) is 30.5 Å². The number of furan rings is 1. The molecule has 1 aliphatic rings. The molecule has 1 aromatic heterocycles. The average molecular weight is 251 g/mol. The number of rotatable bonds is 5. The number of nitrogens with zero attached hydrogens (tertiary/aromatic N) is 2. The number of aryl methyl sites for hydroxylation is 1. The van der Waals surface area contributed by atoms with Crippen LogP contribution in [-0.2, 0) is 13.1 Å². The third kappa shape index (κ3) is 3.34. The largest absolute Gasteiger partial charge is 0.463 e. The summed E-state index contributed by atoms with van der Waals surface area (Å²) in [5.41, 5.74) is 6.80. The van der Waals surface area contributed by atoms with E-state index in [2.05, 4.69) is 36.9 Å². The van der Waals surface area contributed by atoms with Gasteiger partial charge in [0.15, 0.2) is 0 Å². The minimum Gasteiger partial charge on any atom is -0.463 e. The van der Waals surface area contributed by atoms with E-state index in [-0.39, 0.29) is 0 Å². The van der Waals surface area contributed by atoms with Gasteiger partial charge in [0.2, 0.25) is 0 Å². The molecule has 0 bridgehead atoms. The topological polar surface area (TPSA) is 45.6 Å². The van der Waals surface area contributed by atoms with Crippen molar-refractivity contribution in [3.63, 3.8) is 0 Å². The number of nitrogens with two attached hydrogens (primary N) is 1. The SMILES string of the molecule is Cc1cc(CN(C)CC2CCN(C)C2)oc1CN. The van der Waals surface area contributed by atoms with Gasteiger partial charge in [0, 0.05) is 13.1 Å². The quantitative estimate of drug-likeness (QED) is 0.860. The Morgan fingerprint density at radius 3 is 2.89 bits per heavy atom. The van der Waals surface area contributed by atoms with Gasteiger partial charge < -0.3 is 15.1 Å². The molecule has 0 radical (unpaired) electrons. The van der Waals surface area contributed by atoms with Crippen LogP contribution >= 0.6 is 0 Å². The predicted octanol–water partition coefficient (Wildman–Crippen LogP) is 1.43. The molecule has 102 valence electrons. The first-order chi connectivity index (χ1) is 8.58. The zero-order valence-electron chi connectivity index (χ0n) is 11.8. The average Bonchev–Trinajstić information content (AvgIpc) is 2.85. The van der Waals surface area contributed by atoms with E-state index in [4.69, 9.17) is 10.2 Å². The highest BCUT2D eigenvalue weighted by Crippen LogP contribution is 2.18. The maximum absolute atomic E-state index is 5.74. The monoisotopic (exact) mass is 251 g/mol. The van der Waals surface area contributed by atoms with Crippen molar-refractivity contribution in [1.82, 2.24) is 9.80 Å². The van der Waals surface area contributed by atoms with Gasteiger partial charge in [-0.3, -0.25) is 4.90 Å². The third-order valence-corrected chi connectivity index (χ3v) is 3.74. The Morgan fingerprint density at radius 2 is 2.33 bits per heavy atom. The van der Waals surface area contributed by atoms with Crippen molar-refractivity contribution in [3.8, 4) is 0 Å². The second-order valence-corrected chi connectivity index (χ2v) is 5.64. The summed E-state index contributed by atoms with van der Waals surface area (Å²) in [6, 6.07) is 2.11. The van der Waals surface area contributed by atoms with Gasteiger partial charge in [0.1, 0.15) is 11.5 Å². The minimum atomic E-state index is 0.489. The summed E-state index contributed by atoms with van der Waals surface area (Å²) < 4.78 is 5.74. The standard InChI is InChI=1S/C14H25N3O/c1-11-6-13(18-14(11)7-15)10-17(3)9-12-4-5-16(2)8-12/h6,12H,4-5,7-10,15H2,1-3H3. The molecule has 0 spiro atoms. The lowest BCUT2D eigenvalue weighted by Gasteiger charge is -2.19. The fraction of sp³-hybridized carbons (Fsp3) is 0.714. The molecule has 1 aliphatic heterocycles. The van der Waals surface area contributed by atoms with Crippen LogP contribution in [0.3, 0.4) is 0 Å². The number of hydrogen-bond donors (Lipinski definition) is 1. The van der Waals surface area contributed by atoms with E-state index in [1.807, 2.05) is 0 Å². The van der Waals surface area contributed by atoms with Crippen LogP contribution in [0.5, 0.6) is 0 Å². The Labute approximate surface area is 110 Å². The zero-order chi connectivity index (χ0) is 13.1. The molecule has 18 heavy (non-hydrogen) atoms. The molecule has 1 aromatic rings. The van der Waals surface area contributed by atoms with Crippen molar-refractivity contribution in [3.05, 3.63) is 23.2 Å². The van der Waals surface area contributed by atoms with Crippen LogP contribution in [0.25, 0.3) is 0 Å². The zero-order valence-corrected chi connectivity index (χ0v) is 11.8. The van der Waals surface area contributed by atoms with Gasteiger partial charge in [-0.05, 0) is 51.5 Å². The lowest BCUT2D eigenvalue weighted by Crippen LogP contribution is -2.26. The molecule has 2 heterocycles. The Morgan fingerprint density at radius 1 is 1.56 bits per heavy atom. The molecule has 1 atom stereocenters. The molecule has 1 fully saturated rings. The molecule has 4 nitrogen and oxygen atoms in total. The van der Waals surface area contributed by atoms with E-state index in [1.165, 1.54) is 25.1 Å². The van der Waals surface area contributed by atoms with E-state index < -0.39 is 0 Å². The van der Waals surface area contributed by atoms with Crippen molar-refractivity contribution in [2.75, 3.05) is 33.7 Å². The van der Waals surface area contributed by atoms with E-state index in [9.17, 15) is 0 Å².